The molecule has 1 fully saturated rings. The summed E-state index contributed by atoms with van der Waals surface area (Å²) in [7, 11) is 1.84. The summed E-state index contributed by atoms with van der Waals surface area (Å²) in [5.74, 6) is 0.392. The maximum absolute atomic E-state index is 13.5. The Bertz CT molecular complexity index is 1950. The number of nitrogens with two attached hydrogens (primary N) is 1. The monoisotopic (exact) mass is 758 g/mol. The normalized spacial score (nSPS) is 16.0. The number of likely N-dealkylation sites (tertiary alicyclic amines) is 1. The van der Waals surface area contributed by atoms with Crippen LogP contribution in [0.4, 0.5) is 4.39 Å². The van der Waals surface area contributed by atoms with E-state index in [9.17, 15) is 19.1 Å². The number of halogens is 2. The Kier molecular flexibility index (Phi) is 13.1. The average molecular weight is 759 g/mol. The van der Waals surface area contributed by atoms with Crippen LogP contribution in [0.25, 0.3) is 11.1 Å². The number of nitrogens with zero attached hydrogens (tertiary/aromatic N) is 3. The van der Waals surface area contributed by atoms with Gasteiger partial charge in [-0.1, -0.05) is 41.9 Å². The van der Waals surface area contributed by atoms with Crippen molar-refractivity contribution in [1.82, 2.24) is 14.8 Å². The predicted molar refractivity (Wildman–Crippen MR) is 206 cm³/mol. The summed E-state index contributed by atoms with van der Waals surface area (Å²) >= 11 is 6.87. The molecule has 1 atom stereocenters. The molecule has 1 amide bonds. The van der Waals surface area contributed by atoms with Gasteiger partial charge >= 0.3 is 5.97 Å². The van der Waals surface area contributed by atoms with Crippen LogP contribution in [-0.2, 0) is 24.4 Å². The van der Waals surface area contributed by atoms with E-state index in [0.29, 0.717) is 54.6 Å². The maximum Gasteiger partial charge on any atom is 0.304 e. The first-order valence-corrected chi connectivity index (χ1v) is 18.9. The minimum atomic E-state index is -0.878. The number of pyridine rings is 1. The molecular formula is C42H48ClFN4O6. The lowest BCUT2D eigenvalue weighted by atomic mass is 9.93. The number of carboxylic acids is 1. The smallest absolute Gasteiger partial charge is 0.304 e. The van der Waals surface area contributed by atoms with E-state index >= 15 is 0 Å². The molecule has 0 spiro atoms. The van der Waals surface area contributed by atoms with E-state index in [1.807, 2.05) is 24.1 Å². The van der Waals surface area contributed by atoms with Crippen LogP contribution >= 0.6 is 11.6 Å². The zero-order chi connectivity index (χ0) is 38.2. The number of hydrogen-bond acceptors (Lipinski definition) is 8. The van der Waals surface area contributed by atoms with Crippen LogP contribution in [-0.4, -0.2) is 77.8 Å². The van der Waals surface area contributed by atoms with Gasteiger partial charge in [-0.05, 0) is 92.1 Å². The number of piperidine rings is 1. The van der Waals surface area contributed by atoms with Crippen LogP contribution in [0.3, 0.4) is 0 Å². The van der Waals surface area contributed by atoms with Crippen molar-refractivity contribution >= 4 is 23.5 Å². The van der Waals surface area contributed by atoms with E-state index in [1.54, 1.807) is 24.4 Å². The number of hydrogen-bond donors (Lipinski definition) is 2. The Hall–Kier alpha value is -4.71. The molecule has 1 aromatic heterocycles. The number of rotatable bonds is 17. The minimum Gasteiger partial charge on any atom is -0.493 e. The molecule has 12 heteroatoms. The summed E-state index contributed by atoms with van der Waals surface area (Å²) in [5.41, 5.74) is 12.8. The van der Waals surface area contributed by atoms with Crippen LogP contribution in [0.15, 0.2) is 67.0 Å². The lowest BCUT2D eigenvalue weighted by Gasteiger charge is -2.28. The van der Waals surface area contributed by atoms with Crippen molar-refractivity contribution in [2.75, 3.05) is 39.8 Å². The van der Waals surface area contributed by atoms with Crippen LogP contribution < -0.4 is 19.9 Å². The molecule has 0 unspecified atom stereocenters. The molecule has 54 heavy (non-hydrogen) atoms. The number of carboxylic acid groups (broad SMARTS) is 1. The number of alkyl halides is 1. The van der Waals surface area contributed by atoms with Gasteiger partial charge in [-0.15, -0.1) is 0 Å². The number of primary amides is 1. The van der Waals surface area contributed by atoms with Crippen molar-refractivity contribution in [3.05, 3.63) is 105 Å². The lowest BCUT2D eigenvalue weighted by Crippen LogP contribution is -2.35. The Balaban J connectivity index is 1.18. The third kappa shape index (κ3) is 9.88. The number of ether oxygens (including phenoxy) is 3. The van der Waals surface area contributed by atoms with Gasteiger partial charge in [0.25, 0.3) is 0 Å². The first kappa shape index (κ1) is 39.0. The molecule has 1 aliphatic carbocycles. The fraction of sp³-hybridized carbons (Fsp3) is 0.405. The molecule has 0 radical (unpaired) electrons. The molecule has 1 aliphatic heterocycles. The molecule has 10 nitrogen and oxygen atoms in total. The number of benzene rings is 3. The second-order valence-electron chi connectivity index (χ2n) is 14.2. The lowest BCUT2D eigenvalue weighted by molar-refractivity contribution is -0.137. The average Bonchev–Trinajstić information content (AvgIpc) is 3.57. The minimum absolute atomic E-state index is 0.00418. The largest absolute Gasteiger partial charge is 0.493 e. The van der Waals surface area contributed by atoms with Crippen molar-refractivity contribution < 1.29 is 33.3 Å². The summed E-state index contributed by atoms with van der Waals surface area (Å²) in [5, 5.41) is 9.60. The maximum atomic E-state index is 13.5. The molecule has 3 aromatic carbocycles. The van der Waals surface area contributed by atoms with E-state index in [2.05, 4.69) is 41.1 Å². The van der Waals surface area contributed by atoms with Crippen LogP contribution in [0.2, 0.25) is 5.02 Å². The summed E-state index contributed by atoms with van der Waals surface area (Å²) in [6, 6.07) is 17.7. The van der Waals surface area contributed by atoms with Crippen LogP contribution in [0, 0.1) is 6.92 Å². The molecule has 2 aliphatic rings. The highest BCUT2D eigenvalue weighted by Crippen LogP contribution is 2.44. The quantitative estimate of drug-likeness (QED) is 0.105. The van der Waals surface area contributed by atoms with Gasteiger partial charge in [0.1, 0.15) is 36.1 Å². The SMILES string of the molecule is Cc1c(OCCCN2CCC(F)CC2)cccc1-c1cccc2c1CC[C@@H]2Oc1cc(OCc2cncc(C(N)=O)c2)c(CN(C)CCC(=O)O)cc1Cl. The number of carbonyl (C=O) groups excluding carboxylic acids is 1. The van der Waals surface area contributed by atoms with Gasteiger partial charge in [0.15, 0.2) is 0 Å². The summed E-state index contributed by atoms with van der Waals surface area (Å²) in [6.45, 7) is 6.07. The molecular weight excluding hydrogens is 711 g/mol. The summed E-state index contributed by atoms with van der Waals surface area (Å²) in [6.07, 6.45) is 5.81. The van der Waals surface area contributed by atoms with Crippen molar-refractivity contribution in [3.8, 4) is 28.4 Å². The Morgan fingerprint density at radius 3 is 2.57 bits per heavy atom. The zero-order valence-electron chi connectivity index (χ0n) is 30.9. The molecule has 3 N–H and O–H groups in total. The van der Waals surface area contributed by atoms with Gasteiger partial charge in [-0.3, -0.25) is 14.6 Å². The Labute approximate surface area is 321 Å². The molecule has 4 aromatic rings. The third-order valence-electron chi connectivity index (χ3n) is 10.2. The molecule has 6 rings (SSSR count). The zero-order valence-corrected chi connectivity index (χ0v) is 31.6. The second kappa shape index (κ2) is 18.1. The highest BCUT2D eigenvalue weighted by molar-refractivity contribution is 6.32. The van der Waals surface area contributed by atoms with E-state index in [-0.39, 0.29) is 24.7 Å². The van der Waals surface area contributed by atoms with Gasteiger partial charge < -0.3 is 34.9 Å². The number of fused-ring (bicyclic) bond motifs is 1. The van der Waals surface area contributed by atoms with Gasteiger partial charge in [-0.25, -0.2) is 4.39 Å². The van der Waals surface area contributed by atoms with Gasteiger partial charge in [0.05, 0.1) is 23.6 Å². The third-order valence-corrected chi connectivity index (χ3v) is 10.5. The van der Waals surface area contributed by atoms with Gasteiger partial charge in [-0.2, -0.15) is 0 Å². The fourth-order valence-electron chi connectivity index (χ4n) is 7.25. The van der Waals surface area contributed by atoms with Crippen LogP contribution in [0.1, 0.15) is 76.4 Å². The molecule has 0 bridgehead atoms. The number of amides is 1. The van der Waals surface area contributed by atoms with E-state index in [1.165, 1.54) is 11.8 Å². The summed E-state index contributed by atoms with van der Waals surface area (Å²) < 4.78 is 32.7. The Morgan fingerprint density at radius 2 is 1.80 bits per heavy atom. The standard InChI is InChI=1S/C42H48ClFN4O6/c1-27-32(6-4-9-37(27)52-19-5-15-48-17-12-31(44)13-18-48)33-7-3-8-35-34(33)10-11-38(35)54-40-22-39(53-26-28-20-29(42(45)51)24-46-23-28)30(21-36(40)43)25-47(2)16-14-41(49)50/h3-4,6-9,20-24,31,38H,5,10-19,25-26H2,1-2H3,(H2,45,51)(H,49,50)/t38-/m0/s1. The second-order valence-corrected chi connectivity index (χ2v) is 14.6. The highest BCUT2D eigenvalue weighted by atomic mass is 35.5. The van der Waals surface area contributed by atoms with Gasteiger partial charge in [0.2, 0.25) is 5.91 Å². The van der Waals surface area contributed by atoms with Crippen LogP contribution in [0.5, 0.6) is 17.2 Å². The number of aromatic nitrogens is 1. The van der Waals surface area contributed by atoms with Gasteiger partial charge in [0, 0.05) is 62.3 Å². The van der Waals surface area contributed by atoms with Crippen molar-refractivity contribution in [2.45, 2.75) is 70.9 Å². The molecule has 286 valence electrons. The predicted octanol–water partition coefficient (Wildman–Crippen LogP) is 7.56. The molecule has 1 saturated heterocycles. The Morgan fingerprint density at radius 1 is 1.02 bits per heavy atom. The first-order valence-electron chi connectivity index (χ1n) is 18.5. The fourth-order valence-corrected chi connectivity index (χ4v) is 7.48. The summed E-state index contributed by atoms with van der Waals surface area (Å²) in [4.78, 5) is 31.3. The van der Waals surface area contributed by atoms with Crippen molar-refractivity contribution in [2.24, 2.45) is 5.73 Å². The van der Waals surface area contributed by atoms with E-state index in [0.717, 1.165) is 72.5 Å². The van der Waals surface area contributed by atoms with Crippen molar-refractivity contribution in [3.63, 3.8) is 0 Å². The highest BCUT2D eigenvalue weighted by Gasteiger charge is 2.28. The van der Waals surface area contributed by atoms with E-state index < -0.39 is 18.0 Å². The van der Waals surface area contributed by atoms with E-state index in [4.69, 9.17) is 31.5 Å². The first-order chi connectivity index (χ1) is 26.0. The molecule has 0 saturated carbocycles. The van der Waals surface area contributed by atoms with Crippen molar-refractivity contribution in [1.29, 1.82) is 0 Å². The number of aliphatic carboxylic acids is 1. The molecule has 2 heterocycles. The number of carbonyl (C=O) groups is 2. The topological polar surface area (TPSA) is 127 Å².